The van der Waals surface area contributed by atoms with Crippen molar-refractivity contribution in [3.05, 3.63) is 106 Å². The maximum Gasteiger partial charge on any atom is 0.121 e. The number of fused-ring (bicyclic) bond motifs is 3. The number of ether oxygens (including phenoxy) is 1. The molecule has 1 aliphatic heterocycles. The first-order chi connectivity index (χ1) is 14.2. The first kappa shape index (κ1) is 18.8. The zero-order valence-electron chi connectivity index (χ0n) is 16.0. The van der Waals surface area contributed by atoms with Crippen LogP contribution in [0.4, 0.5) is 0 Å². The zero-order chi connectivity index (χ0) is 19.8. The topological polar surface area (TPSA) is 9.23 Å². The molecule has 0 fully saturated rings. The maximum atomic E-state index is 6.20. The minimum Gasteiger partial charge on any atom is -0.486 e. The molecule has 0 N–H and O–H groups in total. The van der Waals surface area contributed by atoms with Crippen molar-refractivity contribution in [2.75, 3.05) is 0 Å². The Morgan fingerprint density at radius 1 is 0.690 bits per heavy atom. The summed E-state index contributed by atoms with van der Waals surface area (Å²) in [5, 5.41) is 0. The smallest absolute Gasteiger partial charge is 0.121 e. The van der Waals surface area contributed by atoms with Crippen LogP contribution in [0.1, 0.15) is 18.6 Å². The van der Waals surface area contributed by atoms with Gasteiger partial charge in [-0.2, -0.15) is 10.9 Å². The van der Waals surface area contributed by atoms with E-state index in [9.17, 15) is 0 Å². The molecule has 0 saturated carbocycles. The monoisotopic (exact) mass is 508 g/mol. The molecule has 5 rings (SSSR count). The van der Waals surface area contributed by atoms with Crippen LogP contribution in [0.25, 0.3) is 11.1 Å². The normalized spacial score (nSPS) is 14.2. The van der Waals surface area contributed by atoms with Crippen molar-refractivity contribution < 1.29 is 4.74 Å². The zero-order valence-corrected chi connectivity index (χ0v) is 19.1. The summed E-state index contributed by atoms with van der Waals surface area (Å²) in [7, 11) is -0.509. The Kier molecular flexibility index (Phi) is 5.10. The Hall–Kier alpha value is -2.24. The Bertz CT molecular complexity index is 1110. The van der Waals surface area contributed by atoms with Crippen molar-refractivity contribution >= 4 is 33.5 Å². The highest BCUT2D eigenvalue weighted by Gasteiger charge is 2.26. The lowest BCUT2D eigenvalue weighted by atomic mass is 10.1. The van der Waals surface area contributed by atoms with E-state index in [2.05, 4.69) is 127 Å². The summed E-state index contributed by atoms with van der Waals surface area (Å²) in [5.74, 6) is 0.913. The lowest BCUT2D eigenvalue weighted by molar-refractivity contribution is 0.227. The van der Waals surface area contributed by atoms with E-state index in [0.717, 1.165) is 5.75 Å². The predicted octanol–water partition coefficient (Wildman–Crippen LogP) is 7.89. The predicted molar refractivity (Wildman–Crippen MR) is 130 cm³/mol. The molecule has 0 aromatic heterocycles. The van der Waals surface area contributed by atoms with Crippen molar-refractivity contribution in [1.29, 1.82) is 0 Å². The molecule has 1 atom stereocenters. The molecule has 4 aromatic carbocycles. The van der Waals surface area contributed by atoms with Gasteiger partial charge < -0.3 is 4.74 Å². The second-order valence-electron chi connectivity index (χ2n) is 7.18. The van der Waals surface area contributed by atoms with Gasteiger partial charge in [0, 0.05) is 13.4 Å². The summed E-state index contributed by atoms with van der Waals surface area (Å²) < 4.78 is 7.44. The fraction of sp³-hybridized carbons (Fsp3) is 0.0769. The second-order valence-corrected chi connectivity index (χ2v) is 10.6. The molecule has 144 valence electrons. The molecular weight excluding hydrogens is 487 g/mol. The first-order valence-corrected chi connectivity index (χ1v) is 12.1. The van der Waals surface area contributed by atoms with Crippen LogP contribution in [0.3, 0.4) is 0 Å². The van der Waals surface area contributed by atoms with E-state index >= 15 is 0 Å². The molecule has 1 heterocycles. The largest absolute Gasteiger partial charge is 0.486 e. The van der Waals surface area contributed by atoms with Gasteiger partial charge in [-0.05, 0) is 99.6 Å². The van der Waals surface area contributed by atoms with Crippen LogP contribution in [0.15, 0.2) is 112 Å². The average molecular weight is 508 g/mol. The van der Waals surface area contributed by atoms with Gasteiger partial charge in [-0.3, -0.25) is 0 Å². The number of rotatable bonds is 4. The average Bonchev–Trinajstić information content (AvgIpc) is 3.09. The van der Waals surface area contributed by atoms with Crippen molar-refractivity contribution in [3.8, 4) is 16.9 Å². The fourth-order valence-electron chi connectivity index (χ4n) is 3.88. The van der Waals surface area contributed by atoms with E-state index in [0.29, 0.717) is 0 Å². The Morgan fingerprint density at radius 3 is 1.83 bits per heavy atom. The molecule has 0 spiro atoms. The van der Waals surface area contributed by atoms with Crippen LogP contribution in [0, 0.1) is 3.57 Å². The van der Waals surface area contributed by atoms with Gasteiger partial charge in [-0.1, -0.05) is 48.5 Å². The highest BCUT2D eigenvalue weighted by atomic mass is 127. The number of thiol groups is 1. The van der Waals surface area contributed by atoms with Gasteiger partial charge in [-0.15, -0.1) is 0 Å². The van der Waals surface area contributed by atoms with E-state index in [1.165, 1.54) is 34.9 Å². The minimum atomic E-state index is -0.509. The summed E-state index contributed by atoms with van der Waals surface area (Å²) in [5.41, 5.74) is 3.95. The molecule has 0 radical (unpaired) electrons. The maximum absolute atomic E-state index is 6.20. The SMILES string of the molecule is CC(Oc1ccc([SH]2c3ccccc3-c3ccccc32)cc1)c1ccc(I)cc1. The second kappa shape index (κ2) is 7.88. The van der Waals surface area contributed by atoms with Crippen LogP contribution in [-0.4, -0.2) is 0 Å². The molecule has 1 aliphatic rings. The van der Waals surface area contributed by atoms with Crippen LogP contribution < -0.4 is 4.74 Å². The van der Waals surface area contributed by atoms with Crippen molar-refractivity contribution in [2.45, 2.75) is 27.7 Å². The van der Waals surface area contributed by atoms with Crippen LogP contribution >= 0.6 is 33.5 Å². The van der Waals surface area contributed by atoms with Crippen LogP contribution in [0.2, 0.25) is 0 Å². The third-order valence-electron chi connectivity index (χ3n) is 5.33. The number of benzene rings is 4. The Balaban J connectivity index is 1.43. The third-order valence-corrected chi connectivity index (χ3v) is 8.60. The molecule has 0 amide bonds. The highest BCUT2D eigenvalue weighted by molar-refractivity contribution is 14.1. The van der Waals surface area contributed by atoms with E-state index in [-0.39, 0.29) is 6.10 Å². The van der Waals surface area contributed by atoms with Gasteiger partial charge in [0.05, 0.1) is 0 Å². The standard InChI is InChI=1S/C26H21IOS/c1-18(19-10-12-20(27)13-11-19)28-21-14-16-22(17-15-21)29-25-8-4-2-6-23(25)24-7-3-5-9-26(24)29/h2-18,29H,1H3. The molecule has 0 aliphatic carbocycles. The first-order valence-electron chi connectivity index (χ1n) is 9.71. The lowest BCUT2D eigenvalue weighted by Gasteiger charge is -2.20. The molecule has 3 heteroatoms. The Morgan fingerprint density at radius 2 is 1.24 bits per heavy atom. The molecule has 0 saturated heterocycles. The number of hydrogen-bond donors (Lipinski definition) is 1. The van der Waals surface area contributed by atoms with Crippen molar-refractivity contribution in [2.24, 2.45) is 0 Å². The highest BCUT2D eigenvalue weighted by Crippen LogP contribution is 2.62. The van der Waals surface area contributed by atoms with Gasteiger partial charge >= 0.3 is 0 Å². The molecule has 4 aromatic rings. The van der Waals surface area contributed by atoms with Gasteiger partial charge in [0.15, 0.2) is 0 Å². The molecule has 29 heavy (non-hydrogen) atoms. The van der Waals surface area contributed by atoms with E-state index in [4.69, 9.17) is 4.74 Å². The fourth-order valence-corrected chi connectivity index (χ4v) is 6.85. The molecular formula is C26H21IOS. The van der Waals surface area contributed by atoms with Crippen molar-refractivity contribution in [3.63, 3.8) is 0 Å². The minimum absolute atomic E-state index is 0.0245. The molecule has 1 unspecified atom stereocenters. The lowest BCUT2D eigenvalue weighted by Crippen LogP contribution is -2.02. The third kappa shape index (κ3) is 3.58. The summed E-state index contributed by atoms with van der Waals surface area (Å²) in [4.78, 5) is 4.26. The van der Waals surface area contributed by atoms with Crippen LogP contribution in [0.5, 0.6) is 5.75 Å². The quantitative estimate of drug-likeness (QED) is 0.192. The summed E-state index contributed by atoms with van der Waals surface area (Å²) in [6, 6.07) is 34.9. The number of hydrogen-bond acceptors (Lipinski definition) is 1. The summed E-state index contributed by atoms with van der Waals surface area (Å²) >= 11 is 2.33. The van der Waals surface area contributed by atoms with Gasteiger partial charge in [-0.25, -0.2) is 0 Å². The number of halogens is 1. The summed E-state index contributed by atoms with van der Waals surface area (Å²) in [6.45, 7) is 2.10. The van der Waals surface area contributed by atoms with Gasteiger partial charge in [0.2, 0.25) is 0 Å². The Labute approximate surface area is 188 Å². The van der Waals surface area contributed by atoms with Crippen LogP contribution in [-0.2, 0) is 0 Å². The van der Waals surface area contributed by atoms with E-state index < -0.39 is 10.9 Å². The van der Waals surface area contributed by atoms with E-state index in [1.807, 2.05) is 0 Å². The summed E-state index contributed by atoms with van der Waals surface area (Å²) in [6.07, 6.45) is 0.0245. The molecule has 1 nitrogen and oxygen atoms in total. The molecule has 0 bridgehead atoms. The van der Waals surface area contributed by atoms with E-state index in [1.54, 1.807) is 0 Å². The van der Waals surface area contributed by atoms with Crippen molar-refractivity contribution in [1.82, 2.24) is 0 Å². The van der Waals surface area contributed by atoms with Gasteiger partial charge in [0.1, 0.15) is 11.9 Å². The van der Waals surface area contributed by atoms with Gasteiger partial charge in [0.25, 0.3) is 0 Å².